The molecule has 6 nitrogen and oxygen atoms in total. The Morgan fingerprint density at radius 3 is 2.84 bits per heavy atom. The molecule has 0 spiro atoms. The molecule has 0 fully saturated rings. The summed E-state index contributed by atoms with van der Waals surface area (Å²) in [5.41, 5.74) is 2.08. The first-order chi connectivity index (χ1) is 12.3. The summed E-state index contributed by atoms with van der Waals surface area (Å²) in [4.78, 5) is 5.65. The summed E-state index contributed by atoms with van der Waals surface area (Å²) < 4.78 is 7.58. The second-order valence-corrected chi connectivity index (χ2v) is 7.28. The van der Waals surface area contributed by atoms with Crippen LogP contribution in [0.4, 0.5) is 0 Å². The number of hydrogen-bond donors (Lipinski definition) is 0. The molecular formula is C17H15N5OS2. The number of thiophene rings is 1. The molecule has 4 rings (SSSR count). The lowest BCUT2D eigenvalue weighted by Crippen LogP contribution is -2.03. The van der Waals surface area contributed by atoms with Gasteiger partial charge in [0.1, 0.15) is 5.76 Å². The maximum Gasteiger partial charge on any atom is 0.236 e. The molecule has 0 bridgehead atoms. The zero-order valence-electron chi connectivity index (χ0n) is 13.5. The van der Waals surface area contributed by atoms with E-state index in [4.69, 9.17) is 4.42 Å². The van der Waals surface area contributed by atoms with Crippen LogP contribution in [0.5, 0.6) is 0 Å². The molecule has 4 aromatic rings. The Balaban J connectivity index is 1.47. The van der Waals surface area contributed by atoms with E-state index in [0.29, 0.717) is 18.2 Å². The molecule has 126 valence electrons. The van der Waals surface area contributed by atoms with E-state index in [0.717, 1.165) is 27.1 Å². The summed E-state index contributed by atoms with van der Waals surface area (Å²) in [6.45, 7) is 2.58. The Kier molecular flexibility index (Phi) is 4.62. The first-order valence-electron chi connectivity index (χ1n) is 7.72. The molecule has 0 aliphatic heterocycles. The van der Waals surface area contributed by atoms with Crippen LogP contribution >= 0.6 is 23.1 Å². The Morgan fingerprint density at radius 2 is 2.04 bits per heavy atom. The van der Waals surface area contributed by atoms with Crippen LogP contribution in [0.1, 0.15) is 17.0 Å². The average Bonchev–Trinajstić information content (AvgIpc) is 3.35. The van der Waals surface area contributed by atoms with Crippen LogP contribution in [0.25, 0.3) is 10.8 Å². The van der Waals surface area contributed by atoms with E-state index in [9.17, 15) is 0 Å². The zero-order chi connectivity index (χ0) is 17.1. The third kappa shape index (κ3) is 3.64. The van der Waals surface area contributed by atoms with Crippen molar-refractivity contribution >= 4 is 23.1 Å². The summed E-state index contributed by atoms with van der Waals surface area (Å²) in [5.74, 6) is 2.17. The number of benzene rings is 1. The average molecular weight is 369 g/mol. The van der Waals surface area contributed by atoms with Crippen LogP contribution in [-0.2, 0) is 12.3 Å². The highest BCUT2D eigenvalue weighted by Gasteiger charge is 2.14. The number of oxazole rings is 1. The normalized spacial score (nSPS) is 11.1. The molecule has 0 unspecified atom stereocenters. The molecule has 8 heteroatoms. The molecule has 1 aromatic carbocycles. The van der Waals surface area contributed by atoms with Crippen LogP contribution < -0.4 is 0 Å². The van der Waals surface area contributed by atoms with E-state index in [1.165, 1.54) is 0 Å². The van der Waals surface area contributed by atoms with Crippen molar-refractivity contribution in [3.05, 3.63) is 64.9 Å². The summed E-state index contributed by atoms with van der Waals surface area (Å²) in [6, 6.07) is 14.1. The van der Waals surface area contributed by atoms with Crippen LogP contribution in [0.3, 0.4) is 0 Å². The monoisotopic (exact) mass is 369 g/mol. The van der Waals surface area contributed by atoms with Crippen LogP contribution in [-0.4, -0.2) is 25.2 Å². The summed E-state index contributed by atoms with van der Waals surface area (Å²) in [6.07, 6.45) is 0. The van der Waals surface area contributed by atoms with E-state index in [1.807, 2.05) is 42.6 Å². The van der Waals surface area contributed by atoms with Crippen molar-refractivity contribution in [1.82, 2.24) is 25.2 Å². The van der Waals surface area contributed by atoms with Gasteiger partial charge in [0.2, 0.25) is 11.0 Å². The third-order valence-electron chi connectivity index (χ3n) is 3.64. The van der Waals surface area contributed by atoms with Crippen molar-refractivity contribution in [1.29, 1.82) is 0 Å². The fraction of sp³-hybridized carbons (Fsp3) is 0.176. The van der Waals surface area contributed by atoms with Crippen molar-refractivity contribution in [2.45, 2.75) is 24.4 Å². The number of nitrogens with zero attached hydrogens (tertiary/aromatic N) is 5. The molecule has 3 heterocycles. The minimum atomic E-state index is 0.647. The molecule has 0 amide bonds. The lowest BCUT2D eigenvalue weighted by molar-refractivity contribution is 0.542. The molecule has 25 heavy (non-hydrogen) atoms. The topological polar surface area (TPSA) is 69.6 Å². The van der Waals surface area contributed by atoms with Crippen molar-refractivity contribution in [2.75, 3.05) is 0 Å². The number of aryl methyl sites for hydroxylation is 1. The standard InChI is InChI=1S/C17H15N5OS2/c1-12-14(18-16(23-12)15-8-5-9-24-15)11-25-17-19-20-21-22(17)10-13-6-3-2-4-7-13/h2-9H,10-11H2,1H3. The molecule has 0 saturated carbocycles. The second kappa shape index (κ2) is 7.20. The lowest BCUT2D eigenvalue weighted by atomic mass is 10.2. The van der Waals surface area contributed by atoms with E-state index in [2.05, 4.69) is 32.6 Å². The molecular weight excluding hydrogens is 354 g/mol. The van der Waals surface area contributed by atoms with Crippen molar-refractivity contribution < 1.29 is 4.42 Å². The largest absolute Gasteiger partial charge is 0.440 e. The number of hydrogen-bond acceptors (Lipinski definition) is 7. The smallest absolute Gasteiger partial charge is 0.236 e. The quantitative estimate of drug-likeness (QED) is 0.478. The third-order valence-corrected chi connectivity index (χ3v) is 5.46. The minimum Gasteiger partial charge on any atom is -0.440 e. The maximum atomic E-state index is 5.78. The van der Waals surface area contributed by atoms with Gasteiger partial charge in [0, 0.05) is 5.75 Å². The molecule has 0 radical (unpaired) electrons. The van der Waals surface area contributed by atoms with Gasteiger partial charge in [-0.1, -0.05) is 48.2 Å². The second-order valence-electron chi connectivity index (χ2n) is 5.39. The zero-order valence-corrected chi connectivity index (χ0v) is 15.1. The van der Waals surface area contributed by atoms with Crippen molar-refractivity contribution in [3.8, 4) is 10.8 Å². The molecule has 0 aliphatic carbocycles. The first-order valence-corrected chi connectivity index (χ1v) is 9.59. The van der Waals surface area contributed by atoms with Gasteiger partial charge in [0.15, 0.2) is 0 Å². The highest BCUT2D eigenvalue weighted by Crippen LogP contribution is 2.28. The van der Waals surface area contributed by atoms with Gasteiger partial charge in [-0.05, 0) is 34.4 Å². The highest BCUT2D eigenvalue weighted by molar-refractivity contribution is 7.98. The maximum absolute atomic E-state index is 5.78. The van der Waals surface area contributed by atoms with E-state index in [1.54, 1.807) is 27.8 Å². The summed E-state index contributed by atoms with van der Waals surface area (Å²) >= 11 is 3.18. The van der Waals surface area contributed by atoms with E-state index in [-0.39, 0.29) is 0 Å². The first kappa shape index (κ1) is 16.0. The highest BCUT2D eigenvalue weighted by atomic mass is 32.2. The van der Waals surface area contributed by atoms with Gasteiger partial charge in [-0.25, -0.2) is 9.67 Å². The predicted octanol–water partition coefficient (Wildman–Crippen LogP) is 4.04. The number of rotatable bonds is 6. The summed E-state index contributed by atoms with van der Waals surface area (Å²) in [7, 11) is 0. The SMILES string of the molecule is Cc1oc(-c2cccs2)nc1CSc1nnnn1Cc1ccccc1. The number of aromatic nitrogens is 5. The fourth-order valence-electron chi connectivity index (χ4n) is 2.36. The summed E-state index contributed by atoms with van der Waals surface area (Å²) in [5, 5.41) is 14.8. The van der Waals surface area contributed by atoms with Crippen LogP contribution in [0.2, 0.25) is 0 Å². The van der Waals surface area contributed by atoms with E-state index < -0.39 is 0 Å². The lowest BCUT2D eigenvalue weighted by Gasteiger charge is -2.03. The molecule has 0 saturated heterocycles. The Hall–Kier alpha value is -2.45. The molecule has 0 atom stereocenters. The molecule has 3 aromatic heterocycles. The van der Waals surface area contributed by atoms with Gasteiger partial charge in [-0.3, -0.25) is 0 Å². The van der Waals surface area contributed by atoms with E-state index >= 15 is 0 Å². The Morgan fingerprint density at radius 1 is 1.16 bits per heavy atom. The van der Waals surface area contributed by atoms with Gasteiger partial charge >= 0.3 is 0 Å². The number of thioether (sulfide) groups is 1. The van der Waals surface area contributed by atoms with Crippen LogP contribution in [0.15, 0.2) is 57.4 Å². The minimum absolute atomic E-state index is 0.647. The predicted molar refractivity (Wildman–Crippen MR) is 97.5 cm³/mol. The fourth-order valence-corrected chi connectivity index (χ4v) is 3.88. The van der Waals surface area contributed by atoms with Crippen molar-refractivity contribution in [3.63, 3.8) is 0 Å². The number of tetrazole rings is 1. The molecule has 0 N–H and O–H groups in total. The van der Waals surface area contributed by atoms with Crippen molar-refractivity contribution in [2.24, 2.45) is 0 Å². The van der Waals surface area contributed by atoms with Gasteiger partial charge in [-0.2, -0.15) is 0 Å². The Bertz CT molecular complexity index is 947. The van der Waals surface area contributed by atoms with Gasteiger partial charge in [0.25, 0.3) is 0 Å². The van der Waals surface area contributed by atoms with Gasteiger partial charge in [0.05, 0.1) is 17.1 Å². The van der Waals surface area contributed by atoms with Gasteiger partial charge < -0.3 is 4.42 Å². The molecule has 0 aliphatic rings. The Labute approximate surface area is 152 Å². The van der Waals surface area contributed by atoms with Crippen LogP contribution in [0, 0.1) is 6.92 Å². The van der Waals surface area contributed by atoms with Gasteiger partial charge in [-0.15, -0.1) is 16.4 Å².